The Balaban J connectivity index is 2.66. The summed E-state index contributed by atoms with van der Waals surface area (Å²) in [6.45, 7) is 7.38. The first kappa shape index (κ1) is 9.31. The fourth-order valence-corrected chi connectivity index (χ4v) is 1.29. The second-order valence-corrected chi connectivity index (χ2v) is 3.30. The SMILES string of the molecule is C#C[C@H]1C[C@@H](C=C)OC(C)(C)O1. The van der Waals surface area contributed by atoms with Gasteiger partial charge in [0, 0.05) is 6.42 Å². The first-order chi connectivity index (χ1) is 5.57. The molecule has 66 valence electrons. The monoisotopic (exact) mass is 166 g/mol. The third-order valence-electron chi connectivity index (χ3n) is 1.76. The Morgan fingerprint density at radius 1 is 1.58 bits per heavy atom. The van der Waals surface area contributed by atoms with Gasteiger partial charge in [-0.1, -0.05) is 12.0 Å². The van der Waals surface area contributed by atoms with Crippen LogP contribution in [0.3, 0.4) is 0 Å². The van der Waals surface area contributed by atoms with E-state index >= 15 is 0 Å². The van der Waals surface area contributed by atoms with E-state index in [-0.39, 0.29) is 12.2 Å². The van der Waals surface area contributed by atoms with E-state index in [2.05, 4.69) is 12.5 Å². The zero-order valence-corrected chi connectivity index (χ0v) is 7.54. The van der Waals surface area contributed by atoms with Crippen LogP contribution in [0.25, 0.3) is 0 Å². The number of terminal acetylenes is 1. The molecule has 0 saturated carbocycles. The first-order valence-corrected chi connectivity index (χ1v) is 4.02. The predicted octanol–water partition coefficient (Wildman–Crippen LogP) is 1.72. The molecule has 0 aliphatic carbocycles. The van der Waals surface area contributed by atoms with Gasteiger partial charge >= 0.3 is 0 Å². The second-order valence-electron chi connectivity index (χ2n) is 3.30. The first-order valence-electron chi connectivity index (χ1n) is 4.02. The maximum Gasteiger partial charge on any atom is 0.165 e. The highest BCUT2D eigenvalue weighted by Crippen LogP contribution is 2.26. The molecule has 2 nitrogen and oxygen atoms in total. The average molecular weight is 166 g/mol. The van der Waals surface area contributed by atoms with Crippen molar-refractivity contribution >= 4 is 0 Å². The summed E-state index contributed by atoms with van der Waals surface area (Å²) in [5.74, 6) is 1.98. The Morgan fingerprint density at radius 3 is 2.75 bits per heavy atom. The van der Waals surface area contributed by atoms with Gasteiger partial charge in [-0.05, 0) is 13.8 Å². The van der Waals surface area contributed by atoms with Crippen molar-refractivity contribution in [1.29, 1.82) is 0 Å². The number of ether oxygens (including phenoxy) is 2. The van der Waals surface area contributed by atoms with Gasteiger partial charge in [0.25, 0.3) is 0 Å². The summed E-state index contributed by atoms with van der Waals surface area (Å²) in [7, 11) is 0. The lowest BCUT2D eigenvalue weighted by Crippen LogP contribution is -2.43. The van der Waals surface area contributed by atoms with E-state index < -0.39 is 5.79 Å². The molecule has 0 amide bonds. The van der Waals surface area contributed by atoms with Crippen LogP contribution in [0.5, 0.6) is 0 Å². The molecule has 0 aromatic rings. The highest BCUT2D eigenvalue weighted by molar-refractivity contribution is 5.01. The number of hydrogen-bond donors (Lipinski definition) is 0. The summed E-state index contributed by atoms with van der Waals surface area (Å²) < 4.78 is 11.0. The van der Waals surface area contributed by atoms with Crippen LogP contribution in [0.15, 0.2) is 12.7 Å². The van der Waals surface area contributed by atoms with Crippen molar-refractivity contribution in [1.82, 2.24) is 0 Å². The average Bonchev–Trinajstić information content (AvgIpc) is 2.01. The van der Waals surface area contributed by atoms with Gasteiger partial charge in [0.2, 0.25) is 0 Å². The van der Waals surface area contributed by atoms with Crippen molar-refractivity contribution < 1.29 is 9.47 Å². The van der Waals surface area contributed by atoms with E-state index in [1.165, 1.54) is 0 Å². The molecule has 12 heavy (non-hydrogen) atoms. The topological polar surface area (TPSA) is 18.5 Å². The maximum absolute atomic E-state index is 5.52. The van der Waals surface area contributed by atoms with Crippen LogP contribution in [-0.4, -0.2) is 18.0 Å². The summed E-state index contributed by atoms with van der Waals surface area (Å²) in [5.41, 5.74) is 0. The number of rotatable bonds is 1. The van der Waals surface area contributed by atoms with E-state index in [1.807, 2.05) is 13.8 Å². The summed E-state index contributed by atoms with van der Waals surface area (Å²) in [6, 6.07) is 0. The summed E-state index contributed by atoms with van der Waals surface area (Å²) in [6.07, 6.45) is 7.59. The van der Waals surface area contributed by atoms with Gasteiger partial charge < -0.3 is 9.47 Å². The van der Waals surface area contributed by atoms with E-state index in [0.717, 1.165) is 0 Å². The molecule has 0 N–H and O–H groups in total. The van der Waals surface area contributed by atoms with Crippen LogP contribution in [0.1, 0.15) is 20.3 Å². The van der Waals surface area contributed by atoms with Crippen LogP contribution in [0, 0.1) is 12.3 Å². The van der Waals surface area contributed by atoms with Crippen LogP contribution < -0.4 is 0 Å². The highest BCUT2D eigenvalue weighted by atomic mass is 16.7. The zero-order valence-electron chi connectivity index (χ0n) is 7.54. The van der Waals surface area contributed by atoms with E-state index in [0.29, 0.717) is 6.42 Å². The lowest BCUT2D eigenvalue weighted by molar-refractivity contribution is -0.278. The van der Waals surface area contributed by atoms with E-state index in [4.69, 9.17) is 15.9 Å². The molecule has 1 aliphatic rings. The molecule has 1 saturated heterocycles. The molecule has 1 heterocycles. The molecule has 0 radical (unpaired) electrons. The molecule has 1 aliphatic heterocycles. The largest absolute Gasteiger partial charge is 0.343 e. The molecular weight excluding hydrogens is 152 g/mol. The van der Waals surface area contributed by atoms with Gasteiger partial charge in [-0.3, -0.25) is 0 Å². The van der Waals surface area contributed by atoms with Crippen molar-refractivity contribution in [3.8, 4) is 12.3 Å². The summed E-state index contributed by atoms with van der Waals surface area (Å²) in [5, 5.41) is 0. The van der Waals surface area contributed by atoms with Crippen LogP contribution in [-0.2, 0) is 9.47 Å². The van der Waals surface area contributed by atoms with E-state index in [9.17, 15) is 0 Å². The molecule has 1 fully saturated rings. The minimum atomic E-state index is -0.589. The van der Waals surface area contributed by atoms with Crippen molar-refractivity contribution in [2.45, 2.75) is 38.3 Å². The van der Waals surface area contributed by atoms with Crippen molar-refractivity contribution in [3.63, 3.8) is 0 Å². The maximum atomic E-state index is 5.52. The second kappa shape index (κ2) is 3.30. The fraction of sp³-hybridized carbons (Fsp3) is 0.600. The Hall–Kier alpha value is -0.780. The van der Waals surface area contributed by atoms with Gasteiger partial charge in [-0.25, -0.2) is 0 Å². The van der Waals surface area contributed by atoms with Crippen molar-refractivity contribution in [3.05, 3.63) is 12.7 Å². The highest BCUT2D eigenvalue weighted by Gasteiger charge is 2.33. The van der Waals surface area contributed by atoms with Gasteiger partial charge in [0.15, 0.2) is 5.79 Å². The van der Waals surface area contributed by atoms with Gasteiger partial charge in [0.1, 0.15) is 6.10 Å². The lowest BCUT2D eigenvalue weighted by Gasteiger charge is -2.37. The summed E-state index contributed by atoms with van der Waals surface area (Å²) in [4.78, 5) is 0. The Bertz CT molecular complexity index is 212. The van der Waals surface area contributed by atoms with Crippen LogP contribution in [0.4, 0.5) is 0 Å². The molecule has 2 atom stereocenters. The van der Waals surface area contributed by atoms with Crippen molar-refractivity contribution in [2.24, 2.45) is 0 Å². The summed E-state index contributed by atoms with van der Waals surface area (Å²) >= 11 is 0. The Labute approximate surface area is 73.6 Å². The van der Waals surface area contributed by atoms with Gasteiger partial charge in [0.05, 0.1) is 6.10 Å². The molecule has 0 spiro atoms. The third-order valence-corrected chi connectivity index (χ3v) is 1.76. The minimum Gasteiger partial charge on any atom is -0.343 e. The fourth-order valence-electron chi connectivity index (χ4n) is 1.29. The van der Waals surface area contributed by atoms with Gasteiger partial charge in [-0.15, -0.1) is 13.0 Å². The normalized spacial score (nSPS) is 33.8. The molecule has 0 bridgehead atoms. The van der Waals surface area contributed by atoms with Crippen molar-refractivity contribution in [2.75, 3.05) is 0 Å². The molecule has 0 aromatic carbocycles. The minimum absolute atomic E-state index is 0.00907. The van der Waals surface area contributed by atoms with Crippen LogP contribution in [0.2, 0.25) is 0 Å². The molecule has 2 heteroatoms. The smallest absolute Gasteiger partial charge is 0.165 e. The Morgan fingerprint density at radius 2 is 2.25 bits per heavy atom. The standard InChI is InChI=1S/C10H14O2/c1-5-8-7-9(6-2)12-10(3,4)11-8/h1,6,8-9H,2,7H2,3-4H3/t8-,9+/m0/s1. The molecule has 0 unspecified atom stereocenters. The predicted molar refractivity (Wildman–Crippen MR) is 47.5 cm³/mol. The third kappa shape index (κ3) is 2.10. The van der Waals surface area contributed by atoms with Crippen LogP contribution >= 0.6 is 0 Å². The Kier molecular flexibility index (Phi) is 2.56. The lowest BCUT2D eigenvalue weighted by atomic mass is 10.1. The van der Waals surface area contributed by atoms with Gasteiger partial charge in [-0.2, -0.15) is 0 Å². The number of hydrogen-bond acceptors (Lipinski definition) is 2. The quantitative estimate of drug-likeness (QED) is 0.436. The molecular formula is C10H14O2. The molecule has 0 aromatic heterocycles. The van der Waals surface area contributed by atoms with E-state index in [1.54, 1.807) is 6.08 Å². The zero-order chi connectivity index (χ0) is 9.19. The molecule has 1 rings (SSSR count).